The van der Waals surface area contributed by atoms with Crippen LogP contribution in [-0.4, -0.2) is 34.7 Å². The minimum atomic E-state index is -1.07. The molecule has 1 heterocycles. The molecule has 1 aromatic rings. The molecule has 1 amide bonds. The Bertz CT molecular complexity index is 472. The van der Waals surface area contributed by atoms with E-state index in [9.17, 15) is 14.7 Å². The van der Waals surface area contributed by atoms with Crippen LogP contribution >= 0.6 is 0 Å². The van der Waals surface area contributed by atoms with Crippen LogP contribution in [0.2, 0.25) is 0 Å². The van der Waals surface area contributed by atoms with Gasteiger partial charge in [0.05, 0.1) is 19.1 Å². The maximum atomic E-state index is 11.8. The summed E-state index contributed by atoms with van der Waals surface area (Å²) in [7, 11) is 0. The highest BCUT2D eigenvalue weighted by atomic mass is 16.4. The fraction of sp³-hybridized carbons (Fsp3) is 0.385. The monoisotopic (exact) mass is 249 g/mol. The Morgan fingerprint density at radius 3 is 2.78 bits per heavy atom. The Labute approximate surface area is 105 Å². The molecule has 0 bridgehead atoms. The van der Waals surface area contributed by atoms with Crippen molar-refractivity contribution < 1.29 is 19.8 Å². The van der Waals surface area contributed by atoms with Gasteiger partial charge in [0.1, 0.15) is 0 Å². The Morgan fingerprint density at radius 1 is 1.33 bits per heavy atom. The number of aliphatic hydroxyl groups is 1. The van der Waals surface area contributed by atoms with Crippen molar-refractivity contribution in [3.05, 3.63) is 29.8 Å². The second-order valence-electron chi connectivity index (χ2n) is 4.38. The molecule has 0 aliphatic carbocycles. The predicted molar refractivity (Wildman–Crippen MR) is 65.4 cm³/mol. The van der Waals surface area contributed by atoms with Crippen molar-refractivity contribution in [2.45, 2.75) is 25.4 Å². The highest BCUT2D eigenvalue weighted by Crippen LogP contribution is 2.27. The molecule has 1 aliphatic rings. The van der Waals surface area contributed by atoms with Crippen molar-refractivity contribution in [1.82, 2.24) is 0 Å². The molecule has 1 aromatic carbocycles. The van der Waals surface area contributed by atoms with E-state index in [1.807, 2.05) is 24.3 Å². The highest BCUT2D eigenvalue weighted by molar-refractivity contribution is 5.96. The third-order valence-electron chi connectivity index (χ3n) is 3.00. The Hall–Kier alpha value is -1.88. The average Bonchev–Trinajstić information content (AvgIpc) is 2.32. The zero-order valence-electron chi connectivity index (χ0n) is 9.87. The maximum absolute atomic E-state index is 11.8. The molecule has 0 fully saturated rings. The fourth-order valence-electron chi connectivity index (χ4n) is 2.17. The molecule has 2 rings (SSSR count). The average molecular weight is 249 g/mol. The van der Waals surface area contributed by atoms with Crippen LogP contribution < -0.4 is 4.90 Å². The fourth-order valence-corrected chi connectivity index (χ4v) is 2.17. The van der Waals surface area contributed by atoms with Crippen molar-refractivity contribution in [3.8, 4) is 0 Å². The molecule has 1 atom stereocenters. The Morgan fingerprint density at radius 2 is 2.06 bits per heavy atom. The highest BCUT2D eigenvalue weighted by Gasteiger charge is 2.26. The summed E-state index contributed by atoms with van der Waals surface area (Å²) in [4.78, 5) is 23.8. The van der Waals surface area contributed by atoms with Crippen molar-refractivity contribution in [1.29, 1.82) is 0 Å². The number of carbonyl (C=O) groups is 2. The lowest BCUT2D eigenvalue weighted by atomic mass is 10.0. The van der Waals surface area contributed by atoms with E-state index in [-0.39, 0.29) is 18.9 Å². The SMILES string of the molecule is O=C(O)CC(O)CN1C(=O)CCc2ccccc21. The molecule has 0 spiro atoms. The van der Waals surface area contributed by atoms with E-state index in [1.165, 1.54) is 4.90 Å². The number of anilines is 1. The van der Waals surface area contributed by atoms with Crippen LogP contribution in [0.5, 0.6) is 0 Å². The zero-order valence-corrected chi connectivity index (χ0v) is 9.87. The predicted octanol–water partition coefficient (Wildman–Crippen LogP) is 0.801. The van der Waals surface area contributed by atoms with Crippen LogP contribution in [-0.2, 0) is 16.0 Å². The minimum Gasteiger partial charge on any atom is -0.481 e. The number of carbonyl (C=O) groups excluding carboxylic acids is 1. The van der Waals surface area contributed by atoms with Gasteiger partial charge >= 0.3 is 5.97 Å². The lowest BCUT2D eigenvalue weighted by Crippen LogP contribution is -2.41. The first-order valence-electron chi connectivity index (χ1n) is 5.86. The van der Waals surface area contributed by atoms with E-state index in [4.69, 9.17) is 5.11 Å². The van der Waals surface area contributed by atoms with Gasteiger partial charge < -0.3 is 15.1 Å². The third kappa shape index (κ3) is 2.68. The first-order valence-corrected chi connectivity index (χ1v) is 5.86. The smallest absolute Gasteiger partial charge is 0.306 e. The van der Waals surface area contributed by atoms with Gasteiger partial charge in [-0.1, -0.05) is 18.2 Å². The van der Waals surface area contributed by atoms with Gasteiger partial charge in [0.2, 0.25) is 5.91 Å². The molecular weight excluding hydrogens is 234 g/mol. The summed E-state index contributed by atoms with van der Waals surface area (Å²) in [6, 6.07) is 7.49. The van der Waals surface area contributed by atoms with Gasteiger partial charge in [-0.3, -0.25) is 9.59 Å². The number of hydrogen-bond acceptors (Lipinski definition) is 3. The molecule has 0 saturated heterocycles. The van der Waals surface area contributed by atoms with E-state index in [0.29, 0.717) is 12.8 Å². The molecule has 0 saturated carbocycles. The molecule has 0 radical (unpaired) electrons. The second-order valence-corrected chi connectivity index (χ2v) is 4.38. The van der Waals surface area contributed by atoms with E-state index in [1.54, 1.807) is 0 Å². The van der Waals surface area contributed by atoms with Gasteiger partial charge in [-0.2, -0.15) is 0 Å². The number of aliphatic carboxylic acids is 1. The van der Waals surface area contributed by atoms with E-state index < -0.39 is 12.1 Å². The number of rotatable bonds is 4. The molecule has 5 heteroatoms. The number of fused-ring (bicyclic) bond motifs is 1. The largest absolute Gasteiger partial charge is 0.481 e. The number of β-amino-alcohol motifs (C(OH)–C–C–N with tert-alkyl or cyclic N) is 1. The molecule has 1 aliphatic heterocycles. The summed E-state index contributed by atoms with van der Waals surface area (Å²) in [5, 5.41) is 18.3. The molecule has 2 N–H and O–H groups in total. The number of carboxylic acid groups (broad SMARTS) is 1. The number of nitrogens with zero attached hydrogens (tertiary/aromatic N) is 1. The Kier molecular flexibility index (Phi) is 3.62. The molecule has 18 heavy (non-hydrogen) atoms. The first-order chi connectivity index (χ1) is 8.58. The lowest BCUT2D eigenvalue weighted by Gasteiger charge is -2.30. The van der Waals surface area contributed by atoms with Crippen LogP contribution in [0.15, 0.2) is 24.3 Å². The van der Waals surface area contributed by atoms with Crippen molar-refractivity contribution in [2.75, 3.05) is 11.4 Å². The van der Waals surface area contributed by atoms with Gasteiger partial charge in [0, 0.05) is 12.1 Å². The summed E-state index contributed by atoms with van der Waals surface area (Å²) >= 11 is 0. The summed E-state index contributed by atoms with van der Waals surface area (Å²) in [5.41, 5.74) is 1.83. The van der Waals surface area contributed by atoms with Crippen LogP contribution in [0.4, 0.5) is 5.69 Å². The molecule has 5 nitrogen and oxygen atoms in total. The number of benzene rings is 1. The number of carboxylic acids is 1. The quantitative estimate of drug-likeness (QED) is 0.827. The number of para-hydroxylation sites is 1. The van der Waals surface area contributed by atoms with E-state index >= 15 is 0 Å². The topological polar surface area (TPSA) is 77.8 Å². The van der Waals surface area contributed by atoms with E-state index in [2.05, 4.69) is 0 Å². The van der Waals surface area contributed by atoms with E-state index in [0.717, 1.165) is 11.3 Å². The van der Waals surface area contributed by atoms with Crippen LogP contribution in [0.25, 0.3) is 0 Å². The standard InChI is InChI=1S/C13H15NO4/c15-10(7-13(17)18)8-14-11-4-2-1-3-9(11)5-6-12(14)16/h1-4,10,15H,5-8H2,(H,17,18). The van der Waals surface area contributed by atoms with Gasteiger partial charge in [-0.05, 0) is 18.1 Å². The number of hydrogen-bond donors (Lipinski definition) is 2. The molecule has 1 unspecified atom stereocenters. The first kappa shape index (κ1) is 12.6. The van der Waals surface area contributed by atoms with Crippen LogP contribution in [0.3, 0.4) is 0 Å². The van der Waals surface area contributed by atoms with Crippen molar-refractivity contribution >= 4 is 17.6 Å². The summed E-state index contributed by atoms with van der Waals surface area (Å²) in [6.07, 6.45) is -0.305. The maximum Gasteiger partial charge on any atom is 0.306 e. The van der Waals surface area contributed by atoms with Gasteiger partial charge in [-0.25, -0.2) is 0 Å². The second kappa shape index (κ2) is 5.18. The number of aliphatic hydroxyl groups excluding tert-OH is 1. The molecular formula is C13H15NO4. The third-order valence-corrected chi connectivity index (χ3v) is 3.00. The van der Waals surface area contributed by atoms with Gasteiger partial charge in [0.25, 0.3) is 0 Å². The normalized spacial score (nSPS) is 16.3. The van der Waals surface area contributed by atoms with Gasteiger partial charge in [-0.15, -0.1) is 0 Å². The Balaban J connectivity index is 2.16. The van der Waals surface area contributed by atoms with Crippen LogP contribution in [0.1, 0.15) is 18.4 Å². The number of aryl methyl sites for hydroxylation is 1. The zero-order chi connectivity index (χ0) is 13.1. The summed E-state index contributed by atoms with van der Waals surface area (Å²) in [6.45, 7) is 0.0299. The van der Waals surface area contributed by atoms with Crippen LogP contribution in [0, 0.1) is 0 Å². The summed E-state index contributed by atoms with van der Waals surface area (Å²) < 4.78 is 0. The minimum absolute atomic E-state index is 0.0299. The van der Waals surface area contributed by atoms with Crippen molar-refractivity contribution in [2.24, 2.45) is 0 Å². The molecule has 0 aromatic heterocycles. The number of amides is 1. The lowest BCUT2D eigenvalue weighted by molar-refractivity contribution is -0.139. The van der Waals surface area contributed by atoms with Gasteiger partial charge in [0.15, 0.2) is 0 Å². The van der Waals surface area contributed by atoms with Crippen molar-refractivity contribution in [3.63, 3.8) is 0 Å². The molecule has 96 valence electrons. The summed E-state index contributed by atoms with van der Waals surface area (Å²) in [5.74, 6) is -1.14.